The summed E-state index contributed by atoms with van der Waals surface area (Å²) in [5.41, 5.74) is 0. The molecule has 0 bridgehead atoms. The smallest absolute Gasteiger partial charge is 0.349 e. The Morgan fingerprint density at radius 1 is 1.14 bits per heavy atom. The Balaban J connectivity index is 4.57. The SMILES string of the molecule is CCCCOC(=O)C(C)ON(C)C(C)P(=O)(OCC)OCC. The Hall–Kier alpha value is -0.460. The fraction of sp³-hybridized carbons (Fsp3) is 0.929. The molecule has 0 rings (SSSR count). The average molecular weight is 339 g/mol. The van der Waals surface area contributed by atoms with Crippen molar-refractivity contribution < 1.29 is 28.0 Å². The van der Waals surface area contributed by atoms with Crippen molar-refractivity contribution in [3.8, 4) is 0 Å². The molecule has 132 valence electrons. The summed E-state index contributed by atoms with van der Waals surface area (Å²) >= 11 is 0. The molecule has 0 saturated heterocycles. The van der Waals surface area contributed by atoms with E-state index in [2.05, 4.69) is 0 Å². The zero-order valence-corrected chi connectivity index (χ0v) is 15.4. The second kappa shape index (κ2) is 11.1. The second-order valence-corrected chi connectivity index (χ2v) is 7.17. The van der Waals surface area contributed by atoms with Crippen LogP contribution in [0.1, 0.15) is 47.5 Å². The van der Waals surface area contributed by atoms with E-state index in [9.17, 15) is 9.36 Å². The van der Waals surface area contributed by atoms with E-state index in [4.69, 9.17) is 18.6 Å². The predicted octanol–water partition coefficient (Wildman–Crippen LogP) is 3.19. The van der Waals surface area contributed by atoms with Crippen LogP contribution in [-0.4, -0.2) is 49.8 Å². The predicted molar refractivity (Wildman–Crippen MR) is 84.5 cm³/mol. The minimum Gasteiger partial charge on any atom is -0.464 e. The summed E-state index contributed by atoms with van der Waals surface area (Å²) in [4.78, 5) is 17.2. The summed E-state index contributed by atoms with van der Waals surface area (Å²) in [5, 5.41) is 1.33. The minimum absolute atomic E-state index is 0.268. The lowest BCUT2D eigenvalue weighted by Gasteiger charge is -2.31. The number of hydroxylamine groups is 2. The fourth-order valence-corrected chi connectivity index (χ4v) is 3.31. The Bertz CT molecular complexity index is 355. The minimum atomic E-state index is -3.33. The van der Waals surface area contributed by atoms with Crippen LogP contribution in [0.4, 0.5) is 0 Å². The maximum absolute atomic E-state index is 12.6. The molecule has 7 nitrogen and oxygen atoms in total. The number of unbranched alkanes of at least 4 members (excludes halogenated alkanes) is 1. The molecule has 0 heterocycles. The van der Waals surface area contributed by atoms with Crippen molar-refractivity contribution in [3.05, 3.63) is 0 Å². The van der Waals surface area contributed by atoms with Crippen LogP contribution >= 0.6 is 7.60 Å². The third-order valence-electron chi connectivity index (χ3n) is 3.00. The monoisotopic (exact) mass is 339 g/mol. The van der Waals surface area contributed by atoms with Gasteiger partial charge < -0.3 is 13.8 Å². The normalized spacial score (nSPS) is 14.9. The van der Waals surface area contributed by atoms with Crippen LogP contribution in [0.3, 0.4) is 0 Å². The number of carbonyl (C=O) groups is 1. The van der Waals surface area contributed by atoms with Gasteiger partial charge in [-0.1, -0.05) is 13.3 Å². The summed E-state index contributed by atoms with van der Waals surface area (Å²) in [6.07, 6.45) is 0.973. The van der Waals surface area contributed by atoms with E-state index in [1.165, 1.54) is 5.06 Å². The molecule has 0 N–H and O–H groups in total. The molecule has 0 saturated carbocycles. The van der Waals surface area contributed by atoms with E-state index in [0.717, 1.165) is 12.8 Å². The van der Waals surface area contributed by atoms with E-state index < -0.39 is 25.5 Å². The third kappa shape index (κ3) is 7.20. The topological polar surface area (TPSA) is 74.3 Å². The maximum Gasteiger partial charge on any atom is 0.349 e. The molecule has 0 radical (unpaired) electrons. The fourth-order valence-electron chi connectivity index (χ4n) is 1.63. The average Bonchev–Trinajstić information content (AvgIpc) is 2.46. The van der Waals surface area contributed by atoms with Crippen LogP contribution < -0.4 is 0 Å². The number of hydrogen-bond acceptors (Lipinski definition) is 7. The van der Waals surface area contributed by atoms with E-state index in [1.54, 1.807) is 34.7 Å². The maximum atomic E-state index is 12.6. The Morgan fingerprint density at radius 3 is 2.14 bits per heavy atom. The van der Waals surface area contributed by atoms with Crippen LogP contribution in [0.25, 0.3) is 0 Å². The van der Waals surface area contributed by atoms with Crippen molar-refractivity contribution >= 4 is 13.6 Å². The number of hydrogen-bond donors (Lipinski definition) is 0. The first-order chi connectivity index (χ1) is 10.3. The molecule has 2 atom stereocenters. The van der Waals surface area contributed by atoms with Crippen molar-refractivity contribution in [2.45, 2.75) is 59.3 Å². The van der Waals surface area contributed by atoms with Crippen molar-refractivity contribution in [2.75, 3.05) is 26.9 Å². The van der Waals surface area contributed by atoms with Crippen molar-refractivity contribution in [2.24, 2.45) is 0 Å². The van der Waals surface area contributed by atoms with Gasteiger partial charge in [0.15, 0.2) is 6.10 Å². The van der Waals surface area contributed by atoms with Crippen LogP contribution in [0.15, 0.2) is 0 Å². The molecule has 22 heavy (non-hydrogen) atoms. The van der Waals surface area contributed by atoms with Crippen LogP contribution in [-0.2, 0) is 28.0 Å². The Labute approximate surface area is 133 Å². The summed E-state index contributed by atoms with van der Waals surface area (Å²) in [7, 11) is -1.74. The lowest BCUT2D eigenvalue weighted by molar-refractivity contribution is -0.205. The van der Waals surface area contributed by atoms with Gasteiger partial charge in [0.1, 0.15) is 5.78 Å². The zero-order valence-electron chi connectivity index (χ0n) is 14.5. The van der Waals surface area contributed by atoms with E-state index in [-0.39, 0.29) is 13.2 Å². The van der Waals surface area contributed by atoms with Gasteiger partial charge in [-0.3, -0.25) is 9.40 Å². The Kier molecular flexibility index (Phi) is 10.9. The second-order valence-electron chi connectivity index (χ2n) is 4.82. The Morgan fingerprint density at radius 2 is 1.68 bits per heavy atom. The van der Waals surface area contributed by atoms with Crippen molar-refractivity contribution in [1.29, 1.82) is 0 Å². The molecule has 0 aliphatic rings. The summed E-state index contributed by atoms with van der Waals surface area (Å²) in [6.45, 7) is 9.67. The number of rotatable bonds is 12. The van der Waals surface area contributed by atoms with Crippen LogP contribution in [0.2, 0.25) is 0 Å². The van der Waals surface area contributed by atoms with E-state index in [1.807, 2.05) is 6.92 Å². The molecule has 0 aliphatic heterocycles. The van der Waals surface area contributed by atoms with Gasteiger partial charge >= 0.3 is 13.6 Å². The van der Waals surface area contributed by atoms with Gasteiger partial charge in [-0.25, -0.2) is 4.79 Å². The van der Waals surface area contributed by atoms with Gasteiger partial charge in [0.05, 0.1) is 19.8 Å². The van der Waals surface area contributed by atoms with Gasteiger partial charge in [-0.05, 0) is 34.1 Å². The number of nitrogens with zero attached hydrogens (tertiary/aromatic N) is 1. The summed E-state index contributed by atoms with van der Waals surface area (Å²) in [6, 6.07) is 0. The number of carbonyl (C=O) groups excluding carboxylic acids is 1. The van der Waals surface area contributed by atoms with E-state index in [0.29, 0.717) is 6.61 Å². The van der Waals surface area contributed by atoms with Crippen molar-refractivity contribution in [3.63, 3.8) is 0 Å². The molecular weight excluding hydrogens is 309 g/mol. The molecule has 0 aromatic rings. The first-order valence-electron chi connectivity index (χ1n) is 7.77. The van der Waals surface area contributed by atoms with Gasteiger partial charge in [0.25, 0.3) is 0 Å². The van der Waals surface area contributed by atoms with Gasteiger partial charge in [-0.15, -0.1) is 0 Å². The molecule has 0 fully saturated rings. The molecular formula is C14H30NO6P. The molecule has 0 aromatic carbocycles. The molecule has 0 spiro atoms. The summed E-state index contributed by atoms with van der Waals surface area (Å²) in [5.74, 6) is -1.09. The highest BCUT2D eigenvalue weighted by atomic mass is 31.2. The van der Waals surface area contributed by atoms with Gasteiger partial charge in [0.2, 0.25) is 0 Å². The van der Waals surface area contributed by atoms with Crippen molar-refractivity contribution in [1.82, 2.24) is 5.06 Å². The van der Waals surface area contributed by atoms with Crippen LogP contribution in [0.5, 0.6) is 0 Å². The number of ether oxygens (including phenoxy) is 1. The standard InChI is InChI=1S/C14H30NO6P/c1-7-10-11-18-14(16)12(4)21-15(6)13(5)22(17,19-8-2)20-9-3/h12-13H,7-11H2,1-6H3. The lowest BCUT2D eigenvalue weighted by Crippen LogP contribution is -2.37. The number of esters is 1. The lowest BCUT2D eigenvalue weighted by atomic mass is 10.3. The molecule has 0 aromatic heterocycles. The highest BCUT2D eigenvalue weighted by Gasteiger charge is 2.36. The zero-order chi connectivity index (χ0) is 17.2. The largest absolute Gasteiger partial charge is 0.464 e. The van der Waals surface area contributed by atoms with Gasteiger partial charge in [0, 0.05) is 7.05 Å². The van der Waals surface area contributed by atoms with Gasteiger partial charge in [-0.2, -0.15) is 5.06 Å². The molecule has 0 amide bonds. The highest BCUT2D eigenvalue weighted by molar-refractivity contribution is 7.54. The first-order valence-corrected chi connectivity index (χ1v) is 9.38. The molecule has 2 unspecified atom stereocenters. The molecule has 0 aliphatic carbocycles. The summed E-state index contributed by atoms with van der Waals surface area (Å²) < 4.78 is 28.3. The first kappa shape index (κ1) is 21.5. The molecule has 8 heteroatoms. The van der Waals surface area contributed by atoms with E-state index >= 15 is 0 Å². The quantitative estimate of drug-likeness (QED) is 0.234. The van der Waals surface area contributed by atoms with Crippen LogP contribution in [0, 0.1) is 0 Å². The highest BCUT2D eigenvalue weighted by Crippen LogP contribution is 2.53. The third-order valence-corrected chi connectivity index (χ3v) is 5.48.